The third-order valence-electron chi connectivity index (χ3n) is 11.4. The van der Waals surface area contributed by atoms with E-state index in [1.807, 2.05) is 0 Å². The average Bonchev–Trinajstić information content (AvgIpc) is 3.39. The summed E-state index contributed by atoms with van der Waals surface area (Å²) in [4.78, 5) is 4.72. The van der Waals surface area contributed by atoms with Crippen molar-refractivity contribution in [3.05, 3.63) is 267 Å². The monoisotopic (exact) mass is 829 g/mol. The summed E-state index contributed by atoms with van der Waals surface area (Å²) in [6, 6.07) is 95.6. The van der Waals surface area contributed by atoms with Gasteiger partial charge in [-0.1, -0.05) is 194 Å². The maximum atomic E-state index is 5.90. The lowest BCUT2D eigenvalue weighted by molar-refractivity contribution is 1.28. The Morgan fingerprint density at radius 1 is 0.238 bits per heavy atom. The van der Waals surface area contributed by atoms with Gasteiger partial charge in [-0.15, -0.1) is 0 Å². The van der Waals surface area contributed by atoms with Crippen molar-refractivity contribution in [3.63, 3.8) is 0 Å². The van der Waals surface area contributed by atoms with Crippen molar-refractivity contribution in [2.75, 3.05) is 9.80 Å². The molecule has 10 aromatic rings. The lowest BCUT2D eigenvalue weighted by Crippen LogP contribution is -2.10. The minimum Gasteiger partial charge on any atom is -0.310 e. The van der Waals surface area contributed by atoms with E-state index in [1.165, 1.54) is 44.5 Å². The fourth-order valence-corrected chi connectivity index (χ4v) is 8.32. The molecule has 10 rings (SSSR count). The molecule has 0 aliphatic carbocycles. The van der Waals surface area contributed by atoms with E-state index < -0.39 is 9.79 Å². The Balaban J connectivity index is 0.00000173. The molecule has 0 heterocycles. The third kappa shape index (κ3) is 9.00. The summed E-state index contributed by atoms with van der Waals surface area (Å²) in [5.74, 6) is 0. The van der Waals surface area contributed by atoms with Crippen LogP contribution in [0.5, 0.6) is 0 Å². The zero-order valence-electron chi connectivity index (χ0n) is 36.8. The maximum absolute atomic E-state index is 5.90. The van der Waals surface area contributed by atoms with Gasteiger partial charge in [0.05, 0.1) is 2.56 Å². The molecule has 0 amide bonds. The van der Waals surface area contributed by atoms with Crippen LogP contribution in [-0.2, 0) is 0 Å². The van der Waals surface area contributed by atoms with Crippen LogP contribution in [0.4, 0.5) is 34.1 Å². The molecule has 302 valence electrons. The van der Waals surface area contributed by atoms with E-state index in [9.17, 15) is 0 Å². The largest absolute Gasteiger partial charge is 0.310 e. The summed E-state index contributed by atoms with van der Waals surface area (Å²) >= 11 is 0. The molecule has 0 aromatic heterocycles. The van der Waals surface area contributed by atoms with Crippen molar-refractivity contribution in [1.29, 1.82) is 2.56 Å². The molecule has 2 nitrogen and oxygen atoms in total. The molecule has 0 aliphatic heterocycles. The molecule has 10 aromatic carbocycles. The van der Waals surface area contributed by atoms with Gasteiger partial charge >= 0.3 is 0 Å². The maximum Gasteiger partial charge on any atom is 0.0511 e. The van der Waals surface area contributed by atoms with Crippen LogP contribution >= 0.6 is 9.79 Å². The van der Waals surface area contributed by atoms with Crippen LogP contribution in [0, 0.1) is 0 Å². The Morgan fingerprint density at radius 3 is 0.683 bits per heavy atom. The zero-order chi connectivity index (χ0) is 44.2. The topological polar surface area (TPSA) is 6.48 Å². The summed E-state index contributed by atoms with van der Waals surface area (Å²) in [5.41, 5.74) is 18.4. The van der Waals surface area contributed by atoms with Crippen molar-refractivity contribution in [1.82, 2.24) is 0 Å². The Labute approximate surface area is 377 Å². The van der Waals surface area contributed by atoms with Crippen LogP contribution in [0.15, 0.2) is 267 Å². The standard InChI is InChI=1S/C60H44N2.H3P/c1-5-17-45(18-6-1)51-25-13-29-57(41-51)61(58-30-14-26-52(42-58)46-19-7-2-8-20-46)55-37-33-49(34-38-55)50-35-39-56(40-36-50)62(59-31-15-27-53(43-59)47-21-9-3-10-22-47)60-32-16-28-54(44-60)48-23-11-4-12-24-48;/h1-44H;1H3/i;1TD. The highest BCUT2D eigenvalue weighted by Crippen LogP contribution is 2.41. The summed E-state index contributed by atoms with van der Waals surface area (Å²) in [5, 5.41) is 0. The van der Waals surface area contributed by atoms with Gasteiger partial charge in [0.2, 0.25) is 0 Å². The molecule has 3 heteroatoms. The van der Waals surface area contributed by atoms with E-state index in [2.05, 4.69) is 277 Å². The van der Waals surface area contributed by atoms with Crippen LogP contribution in [-0.4, -0.2) is 2.56 Å². The molecular weight excluding hydrogens is 780 g/mol. The van der Waals surface area contributed by atoms with Crippen LogP contribution in [0.25, 0.3) is 55.6 Å². The first-order chi connectivity index (χ1) is 32.1. The smallest absolute Gasteiger partial charge is 0.0511 e. The molecule has 0 radical (unpaired) electrons. The SMILES string of the molecule is [2H]P[3H].c1ccc(-c2cccc(N(c3ccc(-c4ccc(N(c5cccc(-c6ccccc6)c5)c5cccc(-c6ccccc6)c5)cc4)cc3)c3cccc(-c4ccccc4)c3)c2)cc1. The van der Waals surface area contributed by atoms with Gasteiger partial charge in [-0.05, 0) is 128 Å². The number of anilines is 6. The first-order valence-electron chi connectivity index (χ1n) is 22.2. The van der Waals surface area contributed by atoms with Crippen LogP contribution in [0.2, 0.25) is 0 Å². The molecule has 63 heavy (non-hydrogen) atoms. The lowest BCUT2D eigenvalue weighted by atomic mass is 10.0. The van der Waals surface area contributed by atoms with E-state index in [-0.39, 0.29) is 0 Å². The fourth-order valence-electron chi connectivity index (χ4n) is 8.32. The minimum absolute atomic E-state index is 0.417. The number of nitrogens with zero attached hydrogens (tertiary/aromatic N) is 2. The number of hydrogen-bond donors (Lipinski definition) is 0. The zero-order valence-corrected chi connectivity index (χ0v) is 35.8. The summed E-state index contributed by atoms with van der Waals surface area (Å²) in [6.45, 7) is 0. The predicted molar refractivity (Wildman–Crippen MR) is 274 cm³/mol. The molecule has 0 fully saturated rings. The Morgan fingerprint density at radius 2 is 0.444 bits per heavy atom. The van der Waals surface area contributed by atoms with Gasteiger partial charge in [-0.25, -0.2) is 0 Å². The highest BCUT2D eigenvalue weighted by Gasteiger charge is 2.17. The normalized spacial score (nSPS) is 11.2. The van der Waals surface area contributed by atoms with Gasteiger partial charge in [-0.3, -0.25) is 0 Å². The highest BCUT2D eigenvalue weighted by atomic mass is 31.0. The lowest BCUT2D eigenvalue weighted by Gasteiger charge is -2.27. The van der Waals surface area contributed by atoms with Crippen molar-refractivity contribution in [2.24, 2.45) is 0 Å². The molecular formula is C60H47N2P. The first kappa shape index (κ1) is 38.2. The summed E-state index contributed by atoms with van der Waals surface area (Å²) in [6.07, 6.45) is 0. The van der Waals surface area contributed by atoms with Gasteiger partial charge in [0.25, 0.3) is 0 Å². The van der Waals surface area contributed by atoms with Crippen LogP contribution in [0.1, 0.15) is 0 Å². The van der Waals surface area contributed by atoms with E-state index >= 15 is 0 Å². The second-order valence-electron chi connectivity index (χ2n) is 15.4. The van der Waals surface area contributed by atoms with Crippen molar-refractivity contribution >= 4 is 43.9 Å². The summed E-state index contributed by atoms with van der Waals surface area (Å²) in [7, 11) is -0.417. The Bertz CT molecular complexity index is 2700. The average molecular weight is 830 g/mol. The molecule has 1 unspecified atom stereocenters. The van der Waals surface area contributed by atoms with E-state index in [1.54, 1.807) is 0 Å². The second kappa shape index (κ2) is 18.9. The molecule has 0 saturated carbocycles. The van der Waals surface area contributed by atoms with Gasteiger partial charge < -0.3 is 9.80 Å². The van der Waals surface area contributed by atoms with E-state index in [0.29, 0.717) is 0 Å². The van der Waals surface area contributed by atoms with Crippen LogP contribution in [0.3, 0.4) is 0 Å². The first-order valence-corrected chi connectivity index (χ1v) is 21.2. The van der Waals surface area contributed by atoms with Gasteiger partial charge in [-0.2, -0.15) is 9.79 Å². The highest BCUT2D eigenvalue weighted by molar-refractivity contribution is 6.92. The van der Waals surface area contributed by atoms with Crippen molar-refractivity contribution in [2.45, 2.75) is 0 Å². The van der Waals surface area contributed by atoms with Crippen LogP contribution < -0.4 is 9.80 Å². The molecule has 0 bridgehead atoms. The van der Waals surface area contributed by atoms with E-state index in [4.69, 9.17) is 2.56 Å². The summed E-state index contributed by atoms with van der Waals surface area (Å²) < 4.78 is 11.8. The quantitative estimate of drug-likeness (QED) is 0.120. The Hall–Kier alpha value is -7.77. The molecule has 0 saturated heterocycles. The van der Waals surface area contributed by atoms with E-state index in [0.717, 1.165) is 45.3 Å². The minimum atomic E-state index is -0.417. The van der Waals surface area contributed by atoms with Gasteiger partial charge in [0.1, 0.15) is 0 Å². The predicted octanol–water partition coefficient (Wildman–Crippen LogP) is 17.0. The van der Waals surface area contributed by atoms with Gasteiger partial charge in [0, 0.05) is 34.1 Å². The number of benzene rings is 10. The van der Waals surface area contributed by atoms with Gasteiger partial charge in [0.15, 0.2) is 0 Å². The third-order valence-corrected chi connectivity index (χ3v) is 11.4. The van der Waals surface area contributed by atoms with Crippen molar-refractivity contribution < 1.29 is 0 Å². The Kier molecular flexibility index (Phi) is 11.4. The number of hydrogen-bond acceptors (Lipinski definition) is 2. The molecule has 0 N–H and O–H groups in total. The second-order valence-corrected chi connectivity index (χ2v) is 15.4. The number of rotatable bonds is 11. The molecule has 1 atom stereocenters. The van der Waals surface area contributed by atoms with Crippen molar-refractivity contribution in [3.8, 4) is 55.6 Å². The molecule has 0 aliphatic rings. The molecule has 0 spiro atoms. The fraction of sp³-hybridized carbons (Fsp3) is 0.